The van der Waals surface area contributed by atoms with Crippen LogP contribution in [0.15, 0.2) is 47.4 Å². The number of hydrogen-bond donors (Lipinski definition) is 2. The Labute approximate surface area is 215 Å². The number of amides is 1. The fraction of sp³-hybridized carbons (Fsp3) is 0.286. The van der Waals surface area contributed by atoms with Crippen LogP contribution in [-0.4, -0.2) is 55.1 Å². The molecule has 0 bridgehead atoms. The molecule has 3 aliphatic heterocycles. The summed E-state index contributed by atoms with van der Waals surface area (Å²) in [4.78, 5) is 36.1. The van der Waals surface area contributed by atoms with Gasteiger partial charge in [-0.25, -0.2) is 9.37 Å². The van der Waals surface area contributed by atoms with Crippen LogP contribution in [0.25, 0.3) is 27.8 Å². The van der Waals surface area contributed by atoms with E-state index >= 15 is 0 Å². The van der Waals surface area contributed by atoms with Gasteiger partial charge in [-0.05, 0) is 42.7 Å². The van der Waals surface area contributed by atoms with Crippen LogP contribution < -0.4 is 5.56 Å². The van der Waals surface area contributed by atoms with Crippen LogP contribution in [-0.2, 0) is 11.2 Å². The van der Waals surface area contributed by atoms with E-state index in [-0.39, 0.29) is 29.2 Å². The van der Waals surface area contributed by atoms with E-state index in [2.05, 4.69) is 20.2 Å². The smallest absolute Gasteiger partial charge is 0.274 e. The molecule has 9 nitrogen and oxygen atoms in total. The SMILES string of the molecule is O=C1c2cc3[nH]c(=O)c4cnc(C5CCOCC5)n4c3cc2C2c3c(-c4cccc(F)c4)n[nH]c3CCN12. The maximum Gasteiger partial charge on any atom is 0.274 e. The molecular weight excluding hydrogens is 487 g/mol. The van der Waals surface area contributed by atoms with Crippen molar-refractivity contribution >= 4 is 22.5 Å². The van der Waals surface area contributed by atoms with Crippen molar-refractivity contribution in [3.05, 3.63) is 87.0 Å². The molecule has 6 heterocycles. The molecule has 1 atom stereocenters. The van der Waals surface area contributed by atoms with E-state index in [4.69, 9.17) is 4.74 Å². The summed E-state index contributed by atoms with van der Waals surface area (Å²) in [7, 11) is 0. The number of rotatable bonds is 2. The van der Waals surface area contributed by atoms with E-state index in [0.29, 0.717) is 54.0 Å². The van der Waals surface area contributed by atoms with Crippen LogP contribution in [0.3, 0.4) is 0 Å². The van der Waals surface area contributed by atoms with Crippen molar-refractivity contribution in [2.45, 2.75) is 31.2 Å². The van der Waals surface area contributed by atoms with Crippen molar-refractivity contribution in [3.63, 3.8) is 0 Å². The van der Waals surface area contributed by atoms with Gasteiger partial charge in [0.2, 0.25) is 0 Å². The largest absolute Gasteiger partial charge is 0.381 e. The lowest BCUT2D eigenvalue weighted by Gasteiger charge is -2.30. The topological polar surface area (TPSA) is 108 Å². The molecule has 10 heteroatoms. The number of H-pyrrole nitrogens is 2. The maximum atomic E-state index is 14.1. The molecule has 0 aliphatic carbocycles. The Morgan fingerprint density at radius 2 is 1.95 bits per heavy atom. The van der Waals surface area contributed by atoms with Gasteiger partial charge in [-0.2, -0.15) is 5.10 Å². The first-order valence-electron chi connectivity index (χ1n) is 12.9. The summed E-state index contributed by atoms with van der Waals surface area (Å²) >= 11 is 0. The van der Waals surface area contributed by atoms with E-state index in [1.807, 2.05) is 21.4 Å². The first kappa shape index (κ1) is 21.7. The van der Waals surface area contributed by atoms with Gasteiger partial charge >= 0.3 is 0 Å². The minimum atomic E-state index is -0.361. The third-order valence-electron chi connectivity index (χ3n) is 8.22. The van der Waals surface area contributed by atoms with Crippen LogP contribution in [0.2, 0.25) is 0 Å². The summed E-state index contributed by atoms with van der Waals surface area (Å²) in [5.41, 5.74) is 6.19. The molecular formula is C28H23FN6O3. The Balaban J connectivity index is 1.38. The molecule has 2 N–H and O–H groups in total. The van der Waals surface area contributed by atoms with E-state index in [1.165, 1.54) is 12.1 Å². The first-order valence-corrected chi connectivity index (χ1v) is 12.9. The molecule has 1 saturated heterocycles. The summed E-state index contributed by atoms with van der Waals surface area (Å²) < 4.78 is 21.6. The van der Waals surface area contributed by atoms with Crippen LogP contribution >= 0.6 is 0 Å². The lowest BCUT2D eigenvalue weighted by Crippen LogP contribution is -2.35. The number of aromatic amines is 2. The molecule has 38 heavy (non-hydrogen) atoms. The highest BCUT2D eigenvalue weighted by Crippen LogP contribution is 2.46. The van der Waals surface area contributed by atoms with Crippen LogP contribution in [0.4, 0.5) is 4.39 Å². The lowest BCUT2D eigenvalue weighted by atomic mass is 9.90. The monoisotopic (exact) mass is 510 g/mol. The minimum absolute atomic E-state index is 0.0832. The number of aromatic nitrogens is 5. The first-order chi connectivity index (χ1) is 18.6. The molecule has 8 rings (SSSR count). The van der Waals surface area contributed by atoms with Gasteiger partial charge < -0.3 is 14.6 Å². The van der Waals surface area contributed by atoms with Gasteiger partial charge in [0.1, 0.15) is 17.2 Å². The quantitative estimate of drug-likeness (QED) is 0.377. The molecule has 0 spiro atoms. The number of nitrogens with zero attached hydrogens (tertiary/aromatic N) is 4. The van der Waals surface area contributed by atoms with Gasteiger partial charge in [0.15, 0.2) is 0 Å². The van der Waals surface area contributed by atoms with Crippen molar-refractivity contribution in [3.8, 4) is 11.3 Å². The highest BCUT2D eigenvalue weighted by molar-refractivity contribution is 6.03. The number of hydrogen-bond acceptors (Lipinski definition) is 5. The summed E-state index contributed by atoms with van der Waals surface area (Å²) in [6.07, 6.45) is 3.93. The summed E-state index contributed by atoms with van der Waals surface area (Å²) in [6.45, 7) is 1.86. The minimum Gasteiger partial charge on any atom is -0.381 e. The van der Waals surface area contributed by atoms with Crippen molar-refractivity contribution < 1.29 is 13.9 Å². The van der Waals surface area contributed by atoms with Gasteiger partial charge in [-0.1, -0.05) is 12.1 Å². The number of halogens is 1. The number of nitrogens with one attached hydrogen (secondary N) is 2. The molecule has 1 fully saturated rings. The third-order valence-corrected chi connectivity index (χ3v) is 8.22. The van der Waals surface area contributed by atoms with E-state index in [9.17, 15) is 14.0 Å². The summed E-state index contributed by atoms with van der Waals surface area (Å²) in [5, 5.41) is 7.69. The number of imidazole rings is 1. The average molecular weight is 511 g/mol. The number of fused-ring (bicyclic) bond motifs is 8. The fourth-order valence-electron chi connectivity index (χ4n) is 6.45. The molecule has 5 aromatic rings. The normalized spacial score (nSPS) is 19.2. The number of carbonyl (C=O) groups excluding carboxylic acids is 1. The Morgan fingerprint density at radius 1 is 1.08 bits per heavy atom. The molecule has 0 saturated carbocycles. The van der Waals surface area contributed by atoms with Crippen molar-refractivity contribution in [1.29, 1.82) is 0 Å². The van der Waals surface area contributed by atoms with Gasteiger partial charge in [0, 0.05) is 54.5 Å². The zero-order chi connectivity index (χ0) is 25.5. The summed E-state index contributed by atoms with van der Waals surface area (Å²) in [6, 6.07) is 9.81. The molecule has 1 unspecified atom stereocenters. The molecule has 3 aromatic heterocycles. The van der Waals surface area contributed by atoms with E-state index < -0.39 is 0 Å². The van der Waals surface area contributed by atoms with E-state index in [1.54, 1.807) is 18.3 Å². The second kappa shape index (κ2) is 7.84. The maximum absolute atomic E-state index is 14.1. The second-order valence-electron chi connectivity index (χ2n) is 10.3. The summed E-state index contributed by atoms with van der Waals surface area (Å²) in [5.74, 6) is 0.596. The number of benzene rings is 2. The number of ether oxygens (including phenoxy) is 1. The molecule has 1 amide bonds. The zero-order valence-corrected chi connectivity index (χ0v) is 20.3. The highest BCUT2D eigenvalue weighted by atomic mass is 19.1. The Hall–Kier alpha value is -4.31. The van der Waals surface area contributed by atoms with Crippen LogP contribution in [0.1, 0.15) is 57.8 Å². The highest BCUT2D eigenvalue weighted by Gasteiger charge is 2.44. The van der Waals surface area contributed by atoms with Gasteiger partial charge in [-0.3, -0.25) is 19.1 Å². The second-order valence-corrected chi connectivity index (χ2v) is 10.3. The molecule has 2 aromatic carbocycles. The van der Waals surface area contributed by atoms with E-state index in [0.717, 1.165) is 41.0 Å². The average Bonchev–Trinajstić information content (AvgIpc) is 3.64. The Morgan fingerprint density at radius 3 is 2.79 bits per heavy atom. The predicted molar refractivity (Wildman–Crippen MR) is 137 cm³/mol. The Bertz CT molecular complexity index is 1850. The van der Waals surface area contributed by atoms with Crippen molar-refractivity contribution in [1.82, 2.24) is 29.5 Å². The fourth-order valence-corrected chi connectivity index (χ4v) is 6.45. The third kappa shape index (κ3) is 2.94. The van der Waals surface area contributed by atoms with Gasteiger partial charge in [-0.15, -0.1) is 0 Å². The predicted octanol–water partition coefficient (Wildman–Crippen LogP) is 3.70. The van der Waals surface area contributed by atoms with Crippen molar-refractivity contribution in [2.24, 2.45) is 0 Å². The standard InChI is InChI=1S/C28H23FN6O3/c29-16-3-1-2-15(10-16)24-23-19(32-33-24)4-7-34-25(23)17-12-21-20(11-18(17)28(34)37)31-27(36)22-13-30-26(35(21)22)14-5-8-38-9-6-14/h1-3,10-14,25H,4-9H2,(H,31,36)(H,32,33). The lowest BCUT2D eigenvalue weighted by molar-refractivity contribution is 0.0740. The molecule has 0 radical (unpaired) electrons. The van der Waals surface area contributed by atoms with Crippen molar-refractivity contribution in [2.75, 3.05) is 19.8 Å². The zero-order valence-electron chi connectivity index (χ0n) is 20.3. The van der Waals surface area contributed by atoms with Crippen LogP contribution in [0.5, 0.6) is 0 Å². The van der Waals surface area contributed by atoms with Gasteiger partial charge in [0.05, 0.1) is 29.0 Å². The number of carbonyl (C=O) groups is 1. The molecule has 190 valence electrons. The van der Waals surface area contributed by atoms with Crippen LogP contribution in [0, 0.1) is 5.82 Å². The Kier molecular flexibility index (Phi) is 4.49. The van der Waals surface area contributed by atoms with Gasteiger partial charge in [0.25, 0.3) is 11.5 Å². The molecule has 3 aliphatic rings.